The second-order valence-corrected chi connectivity index (χ2v) is 6.02. The molecule has 1 atom stereocenters. The van der Waals surface area contributed by atoms with Gasteiger partial charge in [0.2, 0.25) is 0 Å². The summed E-state index contributed by atoms with van der Waals surface area (Å²) < 4.78 is 5.78. The normalized spacial score (nSPS) is 16.5. The van der Waals surface area contributed by atoms with E-state index in [9.17, 15) is 14.4 Å². The van der Waals surface area contributed by atoms with Crippen molar-refractivity contribution in [1.82, 2.24) is 0 Å². The second kappa shape index (κ2) is 7.29. The molecule has 1 amide bonds. The molecule has 0 aliphatic carbocycles. The van der Waals surface area contributed by atoms with Crippen molar-refractivity contribution in [2.24, 2.45) is 5.92 Å². The Balaban J connectivity index is 2.35. The summed E-state index contributed by atoms with van der Waals surface area (Å²) in [5.41, 5.74) is 0.876. The zero-order chi connectivity index (χ0) is 17.9. The van der Waals surface area contributed by atoms with E-state index in [2.05, 4.69) is 6.58 Å². The number of anilines is 1. The van der Waals surface area contributed by atoms with E-state index in [1.807, 2.05) is 13.8 Å². The highest BCUT2D eigenvalue weighted by atomic mass is 16.5. The molecule has 0 aromatic heterocycles. The number of amides is 1. The minimum atomic E-state index is -1.02. The molecule has 0 saturated carbocycles. The van der Waals surface area contributed by atoms with Crippen LogP contribution in [-0.2, 0) is 9.59 Å². The number of carbonyl (C=O) groups is 3. The lowest BCUT2D eigenvalue weighted by molar-refractivity contribution is -0.137. The van der Waals surface area contributed by atoms with Gasteiger partial charge in [-0.15, -0.1) is 6.58 Å². The van der Waals surface area contributed by atoms with Crippen molar-refractivity contribution >= 4 is 23.3 Å². The highest BCUT2D eigenvalue weighted by Gasteiger charge is 2.36. The Labute approximate surface area is 140 Å². The van der Waals surface area contributed by atoms with Crippen LogP contribution < -0.4 is 9.64 Å². The maximum Gasteiger partial charge on any atom is 0.303 e. The van der Waals surface area contributed by atoms with Crippen LogP contribution in [-0.4, -0.2) is 35.4 Å². The maximum absolute atomic E-state index is 12.6. The number of Topliss-reactive ketones (excluding diaryl/α,β-unsaturated/α-hetero) is 1. The van der Waals surface area contributed by atoms with Crippen molar-refractivity contribution in [3.05, 3.63) is 36.4 Å². The van der Waals surface area contributed by atoms with Crippen LogP contribution in [0.4, 0.5) is 5.69 Å². The monoisotopic (exact) mass is 331 g/mol. The molecule has 0 spiro atoms. The molecule has 1 aromatic carbocycles. The summed E-state index contributed by atoms with van der Waals surface area (Å²) >= 11 is 0. The fourth-order valence-corrected chi connectivity index (χ4v) is 2.56. The first-order valence-electron chi connectivity index (χ1n) is 7.83. The van der Waals surface area contributed by atoms with Crippen LogP contribution in [0.3, 0.4) is 0 Å². The molecule has 1 heterocycles. The standard InChI is InChI=1S/C18H21NO5/c1-4-9-19-13-10-12(14(20)6-8-16(21)22)5-7-15(13)24-17(11(2)3)18(19)23/h4-5,7,10-11,17H,1,6,8-9H2,2-3H3,(H,21,22). The maximum atomic E-state index is 12.6. The van der Waals surface area contributed by atoms with Crippen LogP contribution in [0.2, 0.25) is 0 Å². The molecule has 1 aromatic rings. The van der Waals surface area contributed by atoms with Crippen molar-refractivity contribution in [3.8, 4) is 5.75 Å². The molecule has 0 bridgehead atoms. The summed E-state index contributed by atoms with van der Waals surface area (Å²) in [4.78, 5) is 36.9. The van der Waals surface area contributed by atoms with Gasteiger partial charge in [-0.2, -0.15) is 0 Å². The van der Waals surface area contributed by atoms with Crippen LogP contribution in [0.25, 0.3) is 0 Å². The lowest BCUT2D eigenvalue weighted by Crippen LogP contribution is -2.48. The van der Waals surface area contributed by atoms with Gasteiger partial charge < -0.3 is 14.7 Å². The third-order valence-corrected chi connectivity index (χ3v) is 3.82. The Morgan fingerprint density at radius 3 is 2.67 bits per heavy atom. The molecule has 1 aliphatic rings. The molecule has 1 N–H and O–H groups in total. The number of aliphatic carboxylic acids is 1. The van der Waals surface area contributed by atoms with Crippen LogP contribution in [0.5, 0.6) is 5.75 Å². The SMILES string of the molecule is C=CCN1C(=O)C(C(C)C)Oc2ccc(C(=O)CCC(=O)O)cc21. The van der Waals surface area contributed by atoms with Crippen molar-refractivity contribution in [2.45, 2.75) is 32.8 Å². The van der Waals surface area contributed by atoms with Gasteiger partial charge in [0, 0.05) is 18.5 Å². The second-order valence-electron chi connectivity index (χ2n) is 6.02. The number of carboxylic acids is 1. The molecule has 6 heteroatoms. The molecule has 0 fully saturated rings. The molecular formula is C18H21NO5. The van der Waals surface area contributed by atoms with E-state index < -0.39 is 12.1 Å². The van der Waals surface area contributed by atoms with Crippen LogP contribution in [0.1, 0.15) is 37.0 Å². The summed E-state index contributed by atoms with van der Waals surface area (Å²) in [5, 5.41) is 8.69. The molecule has 1 unspecified atom stereocenters. The van der Waals surface area contributed by atoms with Crippen LogP contribution >= 0.6 is 0 Å². The van der Waals surface area contributed by atoms with E-state index in [4.69, 9.17) is 9.84 Å². The molecule has 0 radical (unpaired) electrons. The Hall–Kier alpha value is -2.63. The third kappa shape index (κ3) is 3.64. The number of ether oxygens (including phenoxy) is 1. The number of nitrogens with zero attached hydrogens (tertiary/aromatic N) is 1. The van der Waals surface area contributed by atoms with Gasteiger partial charge in [-0.05, 0) is 24.1 Å². The first-order chi connectivity index (χ1) is 11.3. The van der Waals surface area contributed by atoms with Crippen LogP contribution in [0, 0.1) is 5.92 Å². The van der Waals surface area contributed by atoms with Gasteiger partial charge in [0.1, 0.15) is 5.75 Å². The zero-order valence-electron chi connectivity index (χ0n) is 13.8. The third-order valence-electron chi connectivity index (χ3n) is 3.82. The lowest BCUT2D eigenvalue weighted by atomic mass is 10.0. The van der Waals surface area contributed by atoms with Gasteiger partial charge in [0.05, 0.1) is 12.1 Å². The van der Waals surface area contributed by atoms with E-state index >= 15 is 0 Å². The lowest BCUT2D eigenvalue weighted by Gasteiger charge is -2.35. The Morgan fingerprint density at radius 2 is 2.08 bits per heavy atom. The van der Waals surface area contributed by atoms with Gasteiger partial charge >= 0.3 is 5.97 Å². The van der Waals surface area contributed by atoms with Gasteiger partial charge in [-0.1, -0.05) is 19.9 Å². The number of ketones is 1. The van der Waals surface area contributed by atoms with Crippen molar-refractivity contribution < 1.29 is 24.2 Å². The first kappa shape index (κ1) is 17.7. The largest absolute Gasteiger partial charge is 0.481 e. The summed E-state index contributed by atoms with van der Waals surface area (Å²) in [6, 6.07) is 4.83. The molecule has 2 rings (SSSR count). The topological polar surface area (TPSA) is 83.9 Å². The highest BCUT2D eigenvalue weighted by molar-refractivity contribution is 6.03. The molecule has 6 nitrogen and oxygen atoms in total. The van der Waals surface area contributed by atoms with E-state index in [1.165, 1.54) is 0 Å². The number of carboxylic acid groups (broad SMARTS) is 1. The van der Waals surface area contributed by atoms with Gasteiger partial charge in [0.15, 0.2) is 11.9 Å². The summed E-state index contributed by atoms with van der Waals surface area (Å²) in [6.07, 6.45) is 0.727. The summed E-state index contributed by atoms with van der Waals surface area (Å²) in [7, 11) is 0. The summed E-state index contributed by atoms with van der Waals surface area (Å²) in [5.74, 6) is -0.933. The van der Waals surface area contributed by atoms with E-state index in [1.54, 1.807) is 29.2 Å². The van der Waals surface area contributed by atoms with E-state index in [-0.39, 0.29) is 30.4 Å². The number of benzene rings is 1. The Bertz CT molecular complexity index is 680. The number of carbonyl (C=O) groups excluding carboxylic acids is 2. The molecule has 0 saturated heterocycles. The Kier molecular flexibility index (Phi) is 5.39. The fraction of sp³-hybridized carbons (Fsp3) is 0.389. The number of hydrogen-bond donors (Lipinski definition) is 1. The predicted octanol–water partition coefficient (Wildman–Crippen LogP) is 2.67. The molecule has 24 heavy (non-hydrogen) atoms. The van der Waals surface area contributed by atoms with Gasteiger partial charge in [0.25, 0.3) is 5.91 Å². The number of hydrogen-bond acceptors (Lipinski definition) is 4. The molecule has 128 valence electrons. The minimum Gasteiger partial charge on any atom is -0.481 e. The van der Waals surface area contributed by atoms with Gasteiger partial charge in [-0.25, -0.2) is 0 Å². The zero-order valence-corrected chi connectivity index (χ0v) is 13.8. The summed E-state index contributed by atoms with van der Waals surface area (Å²) in [6.45, 7) is 7.79. The van der Waals surface area contributed by atoms with Crippen molar-refractivity contribution in [1.29, 1.82) is 0 Å². The number of fused-ring (bicyclic) bond motifs is 1. The fourth-order valence-electron chi connectivity index (χ4n) is 2.56. The quantitative estimate of drug-likeness (QED) is 0.613. The van der Waals surface area contributed by atoms with Crippen molar-refractivity contribution in [3.63, 3.8) is 0 Å². The average molecular weight is 331 g/mol. The minimum absolute atomic E-state index is 0.00911. The van der Waals surface area contributed by atoms with Crippen molar-refractivity contribution in [2.75, 3.05) is 11.4 Å². The molecular weight excluding hydrogens is 310 g/mol. The van der Waals surface area contributed by atoms with E-state index in [0.717, 1.165) is 0 Å². The number of rotatable bonds is 7. The average Bonchev–Trinajstić information content (AvgIpc) is 2.54. The van der Waals surface area contributed by atoms with Gasteiger partial charge in [-0.3, -0.25) is 14.4 Å². The van der Waals surface area contributed by atoms with E-state index in [0.29, 0.717) is 23.5 Å². The predicted molar refractivity (Wildman–Crippen MR) is 89.4 cm³/mol. The first-order valence-corrected chi connectivity index (χ1v) is 7.83. The smallest absolute Gasteiger partial charge is 0.303 e. The highest BCUT2D eigenvalue weighted by Crippen LogP contribution is 2.36. The Morgan fingerprint density at radius 1 is 1.38 bits per heavy atom. The van der Waals surface area contributed by atoms with Crippen LogP contribution in [0.15, 0.2) is 30.9 Å². The molecule has 1 aliphatic heterocycles.